The van der Waals surface area contributed by atoms with Gasteiger partial charge < -0.3 is 9.84 Å². The number of ether oxygens (including phenoxy) is 1. The summed E-state index contributed by atoms with van der Waals surface area (Å²) in [5.41, 5.74) is 1.22. The quantitative estimate of drug-likeness (QED) is 0.905. The van der Waals surface area contributed by atoms with E-state index in [-0.39, 0.29) is 12.1 Å². The van der Waals surface area contributed by atoms with E-state index in [0.29, 0.717) is 0 Å². The van der Waals surface area contributed by atoms with Gasteiger partial charge in [0.2, 0.25) is 0 Å². The van der Waals surface area contributed by atoms with Crippen LogP contribution in [0.25, 0.3) is 0 Å². The first-order valence-corrected chi connectivity index (χ1v) is 7.71. The average Bonchev–Trinajstić information content (AvgIpc) is 2.83. The molecule has 20 heavy (non-hydrogen) atoms. The highest BCUT2D eigenvalue weighted by molar-refractivity contribution is 5.11. The van der Waals surface area contributed by atoms with Crippen LogP contribution in [0, 0.1) is 5.92 Å². The van der Waals surface area contributed by atoms with E-state index in [0.717, 1.165) is 57.9 Å². The molecule has 1 aromatic rings. The number of rotatable bonds is 4. The van der Waals surface area contributed by atoms with E-state index >= 15 is 0 Å². The van der Waals surface area contributed by atoms with Crippen molar-refractivity contribution in [3.63, 3.8) is 0 Å². The third-order valence-electron chi connectivity index (χ3n) is 4.63. The van der Waals surface area contributed by atoms with Crippen molar-refractivity contribution < 1.29 is 9.84 Å². The van der Waals surface area contributed by atoms with Crippen LogP contribution in [0.15, 0.2) is 24.5 Å². The average molecular weight is 276 g/mol. The normalized spacial score (nSPS) is 28.9. The van der Waals surface area contributed by atoms with Gasteiger partial charge in [0, 0.05) is 44.7 Å². The van der Waals surface area contributed by atoms with Gasteiger partial charge in [-0.15, -0.1) is 0 Å². The van der Waals surface area contributed by atoms with Gasteiger partial charge in [-0.1, -0.05) is 6.07 Å². The van der Waals surface area contributed by atoms with Crippen LogP contribution >= 0.6 is 0 Å². The summed E-state index contributed by atoms with van der Waals surface area (Å²) in [6, 6.07) is 4.33. The van der Waals surface area contributed by atoms with Crippen molar-refractivity contribution in [1.29, 1.82) is 0 Å². The van der Waals surface area contributed by atoms with Crippen LogP contribution in [0.4, 0.5) is 0 Å². The van der Waals surface area contributed by atoms with Crippen LogP contribution in [0.3, 0.4) is 0 Å². The first kappa shape index (κ1) is 14.0. The molecule has 4 heteroatoms. The molecule has 1 aromatic heterocycles. The Morgan fingerprint density at radius 1 is 1.30 bits per heavy atom. The molecule has 0 radical (unpaired) electrons. The van der Waals surface area contributed by atoms with Gasteiger partial charge in [0.25, 0.3) is 0 Å². The van der Waals surface area contributed by atoms with Crippen molar-refractivity contribution in [2.45, 2.75) is 37.8 Å². The monoisotopic (exact) mass is 276 g/mol. The molecule has 0 aliphatic carbocycles. The molecule has 2 fully saturated rings. The number of aliphatic hydroxyl groups excluding tert-OH is 1. The zero-order valence-corrected chi connectivity index (χ0v) is 11.9. The predicted molar refractivity (Wildman–Crippen MR) is 77.5 cm³/mol. The lowest BCUT2D eigenvalue weighted by Gasteiger charge is -2.31. The lowest BCUT2D eigenvalue weighted by atomic mass is 9.98. The molecule has 0 saturated carbocycles. The SMILES string of the molecule is O[C@@H]1CCN(CC2CCOCC2)[C@H]1Cc1cccnc1. The standard InChI is InChI=1S/C16H24N2O2/c19-16-3-7-18(12-13-4-8-20-9-5-13)15(16)10-14-2-1-6-17-11-14/h1-2,6,11,13,15-16,19H,3-5,7-10,12H2/t15-,16+/m0/s1. The van der Waals surface area contributed by atoms with Gasteiger partial charge in [-0.25, -0.2) is 0 Å². The highest BCUT2D eigenvalue weighted by Gasteiger charge is 2.34. The van der Waals surface area contributed by atoms with E-state index in [2.05, 4.69) is 16.0 Å². The molecule has 2 aliphatic heterocycles. The molecule has 0 aromatic carbocycles. The van der Waals surface area contributed by atoms with E-state index in [9.17, 15) is 5.11 Å². The van der Waals surface area contributed by atoms with Crippen molar-refractivity contribution in [2.24, 2.45) is 5.92 Å². The number of hydrogen-bond donors (Lipinski definition) is 1. The van der Waals surface area contributed by atoms with Gasteiger partial charge in [0.1, 0.15) is 0 Å². The first-order chi connectivity index (χ1) is 9.83. The third-order valence-corrected chi connectivity index (χ3v) is 4.63. The number of likely N-dealkylation sites (tertiary alicyclic amines) is 1. The minimum absolute atomic E-state index is 0.199. The molecule has 0 bridgehead atoms. The molecule has 4 nitrogen and oxygen atoms in total. The second kappa shape index (κ2) is 6.66. The molecule has 0 unspecified atom stereocenters. The number of aromatic nitrogens is 1. The summed E-state index contributed by atoms with van der Waals surface area (Å²) in [6.45, 7) is 3.91. The molecule has 3 heterocycles. The van der Waals surface area contributed by atoms with Crippen LogP contribution in [-0.4, -0.2) is 53.4 Å². The Labute approximate surface area is 120 Å². The second-order valence-corrected chi connectivity index (χ2v) is 6.04. The van der Waals surface area contributed by atoms with Crippen LogP contribution in [0.1, 0.15) is 24.8 Å². The summed E-state index contributed by atoms with van der Waals surface area (Å²) < 4.78 is 5.43. The molecule has 2 atom stereocenters. The van der Waals surface area contributed by atoms with Gasteiger partial charge in [-0.05, 0) is 43.2 Å². The Morgan fingerprint density at radius 2 is 2.15 bits per heavy atom. The summed E-state index contributed by atoms with van der Waals surface area (Å²) in [6.07, 6.45) is 7.63. The van der Waals surface area contributed by atoms with Crippen molar-refractivity contribution in [1.82, 2.24) is 9.88 Å². The molecule has 2 saturated heterocycles. The fraction of sp³-hybridized carbons (Fsp3) is 0.688. The summed E-state index contributed by atoms with van der Waals surface area (Å²) in [7, 11) is 0. The summed E-state index contributed by atoms with van der Waals surface area (Å²) in [5, 5.41) is 10.3. The first-order valence-electron chi connectivity index (χ1n) is 7.71. The topological polar surface area (TPSA) is 45.6 Å². The van der Waals surface area contributed by atoms with Crippen molar-refractivity contribution in [3.05, 3.63) is 30.1 Å². The molecule has 0 amide bonds. The third kappa shape index (κ3) is 3.37. The van der Waals surface area contributed by atoms with Gasteiger partial charge in [0.05, 0.1) is 6.10 Å². The maximum Gasteiger partial charge on any atom is 0.0710 e. The minimum atomic E-state index is -0.199. The van der Waals surface area contributed by atoms with E-state index in [1.807, 2.05) is 12.3 Å². The lowest BCUT2D eigenvalue weighted by Crippen LogP contribution is -2.40. The zero-order chi connectivity index (χ0) is 13.8. The zero-order valence-electron chi connectivity index (χ0n) is 11.9. The van der Waals surface area contributed by atoms with E-state index < -0.39 is 0 Å². The number of pyridine rings is 1. The van der Waals surface area contributed by atoms with Crippen molar-refractivity contribution in [3.8, 4) is 0 Å². The predicted octanol–water partition coefficient (Wildman–Crippen LogP) is 1.49. The molecular formula is C16H24N2O2. The lowest BCUT2D eigenvalue weighted by molar-refractivity contribution is 0.0434. The van der Waals surface area contributed by atoms with Crippen molar-refractivity contribution >= 4 is 0 Å². The maximum absolute atomic E-state index is 10.3. The van der Waals surface area contributed by atoms with Gasteiger partial charge in [-0.3, -0.25) is 9.88 Å². The minimum Gasteiger partial charge on any atom is -0.391 e. The number of aliphatic hydroxyl groups is 1. The van der Waals surface area contributed by atoms with E-state index in [1.54, 1.807) is 6.20 Å². The van der Waals surface area contributed by atoms with Crippen LogP contribution in [-0.2, 0) is 11.2 Å². The highest BCUT2D eigenvalue weighted by atomic mass is 16.5. The Bertz CT molecular complexity index is 406. The Hall–Kier alpha value is -0.970. The van der Waals surface area contributed by atoms with Gasteiger partial charge in [0.15, 0.2) is 0 Å². The smallest absolute Gasteiger partial charge is 0.0710 e. The van der Waals surface area contributed by atoms with Crippen LogP contribution < -0.4 is 0 Å². The van der Waals surface area contributed by atoms with E-state index in [1.165, 1.54) is 5.56 Å². The molecule has 110 valence electrons. The Morgan fingerprint density at radius 3 is 2.90 bits per heavy atom. The van der Waals surface area contributed by atoms with Gasteiger partial charge >= 0.3 is 0 Å². The molecule has 2 aliphatic rings. The molecular weight excluding hydrogens is 252 g/mol. The summed E-state index contributed by atoms with van der Waals surface area (Å²) in [4.78, 5) is 6.66. The second-order valence-electron chi connectivity index (χ2n) is 6.04. The van der Waals surface area contributed by atoms with Crippen LogP contribution in [0.5, 0.6) is 0 Å². The fourth-order valence-electron chi connectivity index (χ4n) is 3.41. The fourth-order valence-corrected chi connectivity index (χ4v) is 3.41. The maximum atomic E-state index is 10.3. The largest absolute Gasteiger partial charge is 0.391 e. The highest BCUT2D eigenvalue weighted by Crippen LogP contribution is 2.25. The molecule has 0 spiro atoms. The summed E-state index contributed by atoms with van der Waals surface area (Å²) >= 11 is 0. The Balaban J connectivity index is 1.61. The summed E-state index contributed by atoms with van der Waals surface area (Å²) in [5.74, 6) is 0.727. The molecule has 3 rings (SSSR count). The van der Waals surface area contributed by atoms with Crippen molar-refractivity contribution in [2.75, 3.05) is 26.3 Å². The molecule has 1 N–H and O–H groups in total. The number of hydrogen-bond acceptors (Lipinski definition) is 4. The number of nitrogens with zero attached hydrogens (tertiary/aromatic N) is 2. The van der Waals surface area contributed by atoms with Gasteiger partial charge in [-0.2, -0.15) is 0 Å². The van der Waals surface area contributed by atoms with Crippen LogP contribution in [0.2, 0.25) is 0 Å². The Kier molecular flexibility index (Phi) is 4.65. The van der Waals surface area contributed by atoms with E-state index in [4.69, 9.17) is 4.74 Å².